The monoisotopic (exact) mass is 537 g/mol. The fourth-order valence-corrected chi connectivity index (χ4v) is 4.84. The van der Waals surface area contributed by atoms with E-state index in [1.807, 2.05) is 52.8 Å². The molecule has 0 aliphatic heterocycles. The van der Waals surface area contributed by atoms with Crippen molar-refractivity contribution in [3.63, 3.8) is 0 Å². The number of rotatable bonds is 9. The summed E-state index contributed by atoms with van der Waals surface area (Å²) in [6.07, 6.45) is 0. The Morgan fingerprint density at radius 3 is 2.16 bits per heavy atom. The van der Waals surface area contributed by atoms with Gasteiger partial charge < -0.3 is 20.1 Å². The van der Waals surface area contributed by atoms with E-state index in [1.54, 1.807) is 35.7 Å². The number of carbonyl (C=O) groups is 3. The van der Waals surface area contributed by atoms with Crippen molar-refractivity contribution in [3.8, 4) is 11.5 Å². The number of amides is 3. The summed E-state index contributed by atoms with van der Waals surface area (Å²) >= 11 is 1.29. The minimum Gasteiger partial charge on any atom is -0.493 e. The van der Waals surface area contributed by atoms with Crippen LogP contribution in [0.2, 0.25) is 0 Å². The van der Waals surface area contributed by atoms with E-state index in [0.29, 0.717) is 27.6 Å². The zero-order valence-corrected chi connectivity index (χ0v) is 23.7. The van der Waals surface area contributed by atoms with Crippen LogP contribution >= 0.6 is 11.3 Å². The third-order valence-electron chi connectivity index (χ3n) is 5.82. The minimum absolute atomic E-state index is 0.295. The number of ether oxygens (including phenoxy) is 2. The van der Waals surface area contributed by atoms with E-state index in [-0.39, 0.29) is 18.4 Å². The van der Waals surface area contributed by atoms with Crippen LogP contribution in [0.25, 0.3) is 0 Å². The molecule has 1 aromatic heterocycles. The van der Waals surface area contributed by atoms with E-state index in [2.05, 4.69) is 10.6 Å². The number of benzene rings is 2. The molecular weight excluding hydrogens is 502 g/mol. The van der Waals surface area contributed by atoms with Crippen LogP contribution in [-0.2, 0) is 9.59 Å². The summed E-state index contributed by atoms with van der Waals surface area (Å²) in [5.74, 6) is -0.226. The highest BCUT2D eigenvalue weighted by molar-refractivity contribution is 7.12. The van der Waals surface area contributed by atoms with Gasteiger partial charge in [0.15, 0.2) is 11.5 Å². The van der Waals surface area contributed by atoms with Crippen molar-refractivity contribution >= 4 is 34.7 Å². The molecule has 0 radical (unpaired) electrons. The largest absolute Gasteiger partial charge is 0.493 e. The maximum Gasteiger partial charge on any atom is 0.261 e. The Labute approximate surface area is 228 Å². The number of thiophene rings is 1. The lowest BCUT2D eigenvalue weighted by Gasteiger charge is -2.35. The van der Waals surface area contributed by atoms with E-state index in [1.165, 1.54) is 30.5 Å². The zero-order chi connectivity index (χ0) is 28.0. The number of nitrogens with one attached hydrogen (secondary N) is 2. The van der Waals surface area contributed by atoms with E-state index in [4.69, 9.17) is 9.47 Å². The molecule has 0 aliphatic carbocycles. The first-order valence-corrected chi connectivity index (χ1v) is 13.1. The molecule has 2 N–H and O–H groups in total. The molecule has 0 spiro atoms. The van der Waals surface area contributed by atoms with Gasteiger partial charge in [-0.25, -0.2) is 0 Å². The predicted molar refractivity (Wildman–Crippen MR) is 150 cm³/mol. The van der Waals surface area contributed by atoms with E-state index < -0.39 is 17.5 Å². The zero-order valence-electron chi connectivity index (χ0n) is 22.9. The van der Waals surface area contributed by atoms with Gasteiger partial charge in [0, 0.05) is 5.54 Å². The maximum atomic E-state index is 14.0. The molecule has 0 saturated heterocycles. The van der Waals surface area contributed by atoms with Gasteiger partial charge in [-0.1, -0.05) is 30.3 Å². The first-order valence-electron chi connectivity index (χ1n) is 12.2. The molecule has 3 rings (SSSR count). The average Bonchev–Trinajstić information content (AvgIpc) is 3.40. The standard InChI is InChI=1S/C29H35N3O5S/c1-18-10-8-11-19(2)25(18)32(24(33)17-30-27(34)23-12-9-15-38-23)26(28(35)31-29(3,4)5)20-13-14-21(36-6)22(16-20)37-7/h8-16,26H,17H2,1-7H3,(H,30,34)(H,31,35)/t26-/m0/s1. The molecule has 0 bridgehead atoms. The molecule has 8 nitrogen and oxygen atoms in total. The third-order valence-corrected chi connectivity index (χ3v) is 6.69. The van der Waals surface area contributed by atoms with Crippen molar-refractivity contribution in [2.24, 2.45) is 0 Å². The van der Waals surface area contributed by atoms with E-state index >= 15 is 0 Å². The number of para-hydroxylation sites is 1. The second kappa shape index (κ2) is 12.1. The summed E-state index contributed by atoms with van der Waals surface area (Å²) in [4.78, 5) is 42.5. The summed E-state index contributed by atoms with van der Waals surface area (Å²) in [5.41, 5.74) is 2.21. The fourth-order valence-electron chi connectivity index (χ4n) is 4.20. The van der Waals surface area contributed by atoms with E-state index in [0.717, 1.165) is 11.1 Å². The Balaban J connectivity index is 2.15. The van der Waals surface area contributed by atoms with Crippen LogP contribution in [0.3, 0.4) is 0 Å². The molecule has 2 aromatic carbocycles. The number of nitrogens with zero attached hydrogens (tertiary/aromatic N) is 1. The van der Waals surface area contributed by atoms with Gasteiger partial charge in [0.1, 0.15) is 6.04 Å². The van der Waals surface area contributed by atoms with Crippen LogP contribution in [0, 0.1) is 13.8 Å². The van der Waals surface area contributed by atoms with Gasteiger partial charge in [0.2, 0.25) is 11.8 Å². The molecule has 0 saturated carbocycles. The molecule has 1 heterocycles. The summed E-state index contributed by atoms with van der Waals surface area (Å²) in [5, 5.41) is 7.53. The molecule has 0 fully saturated rings. The van der Waals surface area contributed by atoms with Gasteiger partial charge >= 0.3 is 0 Å². The van der Waals surface area contributed by atoms with Gasteiger partial charge in [0.25, 0.3) is 5.91 Å². The number of anilines is 1. The number of hydrogen-bond acceptors (Lipinski definition) is 6. The Morgan fingerprint density at radius 2 is 1.61 bits per heavy atom. The second-order valence-electron chi connectivity index (χ2n) is 9.92. The summed E-state index contributed by atoms with van der Waals surface area (Å²) < 4.78 is 10.9. The molecule has 38 heavy (non-hydrogen) atoms. The first-order chi connectivity index (χ1) is 18.0. The van der Waals surface area contributed by atoms with Crippen molar-refractivity contribution in [2.45, 2.75) is 46.2 Å². The van der Waals surface area contributed by atoms with Gasteiger partial charge in [-0.2, -0.15) is 0 Å². The number of hydrogen-bond donors (Lipinski definition) is 2. The molecule has 202 valence electrons. The van der Waals surface area contributed by atoms with Gasteiger partial charge in [-0.3, -0.25) is 19.3 Å². The van der Waals surface area contributed by atoms with Crippen LogP contribution in [0.5, 0.6) is 11.5 Å². The minimum atomic E-state index is -1.06. The van der Waals surface area contributed by atoms with Crippen LogP contribution in [-0.4, -0.2) is 44.0 Å². The van der Waals surface area contributed by atoms with Crippen molar-refractivity contribution in [3.05, 3.63) is 75.5 Å². The van der Waals surface area contributed by atoms with Gasteiger partial charge in [-0.15, -0.1) is 11.3 Å². The Bertz CT molecular complexity index is 1280. The lowest BCUT2D eigenvalue weighted by molar-refractivity contribution is -0.127. The lowest BCUT2D eigenvalue weighted by atomic mass is 9.98. The van der Waals surface area contributed by atoms with Crippen molar-refractivity contribution in [2.75, 3.05) is 25.7 Å². The fraction of sp³-hybridized carbons (Fsp3) is 0.345. The SMILES string of the molecule is COc1ccc([C@@H](C(=O)NC(C)(C)C)N(C(=O)CNC(=O)c2cccs2)c2c(C)cccc2C)cc1OC. The molecule has 1 atom stereocenters. The quantitative estimate of drug-likeness (QED) is 0.409. The lowest BCUT2D eigenvalue weighted by Crippen LogP contribution is -2.51. The van der Waals surface area contributed by atoms with Crippen LogP contribution in [0.1, 0.15) is 53.2 Å². The van der Waals surface area contributed by atoms with Gasteiger partial charge in [-0.05, 0) is 74.9 Å². The van der Waals surface area contributed by atoms with Crippen molar-refractivity contribution in [1.82, 2.24) is 10.6 Å². The highest BCUT2D eigenvalue weighted by atomic mass is 32.1. The molecule has 9 heteroatoms. The normalized spacial score (nSPS) is 11.9. The Kier molecular flexibility index (Phi) is 9.17. The van der Waals surface area contributed by atoms with Crippen molar-refractivity contribution in [1.29, 1.82) is 0 Å². The molecule has 3 amide bonds. The highest BCUT2D eigenvalue weighted by Gasteiger charge is 2.36. The highest BCUT2D eigenvalue weighted by Crippen LogP contribution is 2.37. The molecule has 0 aliphatic rings. The summed E-state index contributed by atoms with van der Waals surface area (Å²) in [6, 6.07) is 13.2. The smallest absolute Gasteiger partial charge is 0.261 e. The third kappa shape index (κ3) is 6.72. The molecule has 0 unspecified atom stereocenters. The maximum absolute atomic E-state index is 14.0. The molecule has 3 aromatic rings. The predicted octanol–water partition coefficient (Wildman–Crippen LogP) is 4.80. The topological polar surface area (TPSA) is 97.0 Å². The number of aryl methyl sites for hydroxylation is 2. The van der Waals surface area contributed by atoms with Gasteiger partial charge in [0.05, 0.1) is 31.3 Å². The van der Waals surface area contributed by atoms with Crippen LogP contribution in [0.4, 0.5) is 5.69 Å². The average molecular weight is 538 g/mol. The Morgan fingerprint density at radius 1 is 0.947 bits per heavy atom. The first kappa shape index (κ1) is 28.7. The van der Waals surface area contributed by atoms with Crippen LogP contribution in [0.15, 0.2) is 53.9 Å². The second-order valence-corrected chi connectivity index (χ2v) is 10.9. The van der Waals surface area contributed by atoms with Crippen LogP contribution < -0.4 is 25.0 Å². The summed E-state index contributed by atoms with van der Waals surface area (Å²) in [7, 11) is 3.05. The number of carbonyl (C=O) groups excluding carboxylic acids is 3. The molecular formula is C29H35N3O5S. The number of methoxy groups -OCH3 is 2. The van der Waals surface area contributed by atoms with Crippen molar-refractivity contribution < 1.29 is 23.9 Å². The summed E-state index contributed by atoms with van der Waals surface area (Å²) in [6.45, 7) is 9.12. The Hall–Kier alpha value is -3.85. The van der Waals surface area contributed by atoms with E-state index in [9.17, 15) is 14.4 Å².